The summed E-state index contributed by atoms with van der Waals surface area (Å²) in [4.78, 5) is 26.5. The second-order valence-corrected chi connectivity index (χ2v) is 8.15. The molecule has 0 N–H and O–H groups in total. The van der Waals surface area contributed by atoms with E-state index in [1.165, 1.54) is 0 Å². The van der Waals surface area contributed by atoms with Gasteiger partial charge in [-0.05, 0) is 39.5 Å². The molecule has 0 aromatic heterocycles. The third-order valence-electron chi connectivity index (χ3n) is 4.85. The Hall–Kier alpha value is -1.62. The SMILES string of the molecule is CC1C=CC2OC3(CCN(C(=O)OC(C)(C)C)CC3)CC(=O)C2=C1. The second-order valence-electron chi connectivity index (χ2n) is 8.15. The summed E-state index contributed by atoms with van der Waals surface area (Å²) >= 11 is 0. The lowest BCUT2D eigenvalue weighted by Crippen LogP contribution is -2.54. The van der Waals surface area contributed by atoms with Gasteiger partial charge in [0, 0.05) is 25.1 Å². The van der Waals surface area contributed by atoms with Crippen molar-refractivity contribution in [2.45, 2.75) is 64.3 Å². The number of carbonyl (C=O) groups is 2. The predicted molar refractivity (Wildman–Crippen MR) is 90.7 cm³/mol. The molecule has 2 atom stereocenters. The maximum atomic E-state index is 12.6. The summed E-state index contributed by atoms with van der Waals surface area (Å²) in [6.45, 7) is 8.79. The molecule has 0 radical (unpaired) electrons. The van der Waals surface area contributed by atoms with Crippen LogP contribution in [0.2, 0.25) is 0 Å². The number of allylic oxidation sites excluding steroid dienone is 2. The van der Waals surface area contributed by atoms with Crippen LogP contribution >= 0.6 is 0 Å². The Bertz CT molecular complexity index is 591. The first kappa shape index (κ1) is 17.2. The Labute approximate surface area is 143 Å². The molecule has 1 amide bonds. The van der Waals surface area contributed by atoms with Crippen LogP contribution in [0, 0.1) is 5.92 Å². The predicted octanol–water partition coefficient (Wildman–Crippen LogP) is 3.25. The van der Waals surface area contributed by atoms with Gasteiger partial charge in [-0.3, -0.25) is 4.79 Å². The van der Waals surface area contributed by atoms with E-state index in [4.69, 9.17) is 9.47 Å². The molecule has 2 fully saturated rings. The van der Waals surface area contributed by atoms with Gasteiger partial charge < -0.3 is 14.4 Å². The summed E-state index contributed by atoms with van der Waals surface area (Å²) < 4.78 is 11.7. The van der Waals surface area contributed by atoms with Crippen LogP contribution in [0.1, 0.15) is 47.0 Å². The fraction of sp³-hybridized carbons (Fsp3) is 0.684. The van der Waals surface area contributed by atoms with E-state index in [1.807, 2.05) is 32.9 Å². The van der Waals surface area contributed by atoms with Crippen LogP contribution in [-0.2, 0) is 14.3 Å². The van der Waals surface area contributed by atoms with Gasteiger partial charge in [-0.15, -0.1) is 0 Å². The quantitative estimate of drug-likeness (QED) is 0.639. The van der Waals surface area contributed by atoms with Crippen LogP contribution in [0.25, 0.3) is 0 Å². The average Bonchev–Trinajstić information content (AvgIpc) is 2.47. The molecule has 3 aliphatic rings. The first-order chi connectivity index (χ1) is 11.2. The Morgan fingerprint density at radius 3 is 2.58 bits per heavy atom. The van der Waals surface area contributed by atoms with Gasteiger partial charge in [-0.25, -0.2) is 4.79 Å². The molecule has 2 aliphatic heterocycles. The number of Topliss-reactive ketones (excluding diaryl/α,β-unsaturated/α-hetero) is 1. The first-order valence-electron chi connectivity index (χ1n) is 8.76. The van der Waals surface area contributed by atoms with Crippen molar-refractivity contribution in [2.24, 2.45) is 5.92 Å². The van der Waals surface area contributed by atoms with Gasteiger partial charge in [0.1, 0.15) is 11.7 Å². The van der Waals surface area contributed by atoms with Crippen molar-refractivity contribution in [3.63, 3.8) is 0 Å². The van der Waals surface area contributed by atoms with Crippen LogP contribution in [0.4, 0.5) is 4.79 Å². The molecule has 5 heteroatoms. The number of likely N-dealkylation sites (tertiary alicyclic amines) is 1. The van der Waals surface area contributed by atoms with E-state index in [2.05, 4.69) is 13.0 Å². The minimum atomic E-state index is -0.493. The number of fused-ring (bicyclic) bond motifs is 1. The molecular formula is C19H27NO4. The van der Waals surface area contributed by atoms with Crippen LogP contribution in [0.3, 0.4) is 0 Å². The molecule has 0 bridgehead atoms. The number of ketones is 1. The van der Waals surface area contributed by atoms with E-state index in [9.17, 15) is 9.59 Å². The van der Waals surface area contributed by atoms with Gasteiger partial charge >= 0.3 is 6.09 Å². The van der Waals surface area contributed by atoms with Gasteiger partial charge in [0.25, 0.3) is 0 Å². The molecule has 24 heavy (non-hydrogen) atoms. The van der Waals surface area contributed by atoms with Crippen molar-refractivity contribution in [3.8, 4) is 0 Å². The standard InChI is InChI=1S/C19H27NO4/c1-13-5-6-16-14(11-13)15(21)12-19(23-16)7-9-20(10-8-19)17(22)24-18(2,3)4/h5-6,11,13,16H,7-10,12H2,1-4H3. The molecule has 3 rings (SSSR count). The highest BCUT2D eigenvalue weighted by Gasteiger charge is 2.46. The molecule has 5 nitrogen and oxygen atoms in total. The van der Waals surface area contributed by atoms with Crippen LogP contribution in [0.5, 0.6) is 0 Å². The van der Waals surface area contributed by atoms with Crippen molar-refractivity contribution in [1.82, 2.24) is 4.90 Å². The third-order valence-corrected chi connectivity index (χ3v) is 4.85. The number of amides is 1. The fourth-order valence-corrected chi connectivity index (χ4v) is 3.59. The minimum absolute atomic E-state index is 0.188. The van der Waals surface area contributed by atoms with E-state index in [-0.39, 0.29) is 23.9 Å². The third kappa shape index (κ3) is 3.56. The highest BCUT2D eigenvalue weighted by Crippen LogP contribution is 2.40. The molecule has 2 heterocycles. The van der Waals surface area contributed by atoms with Crippen LogP contribution in [-0.4, -0.2) is 47.2 Å². The summed E-state index contributed by atoms with van der Waals surface area (Å²) in [5.41, 5.74) is -0.139. The molecule has 1 spiro atoms. The molecule has 1 aliphatic carbocycles. The molecular weight excluding hydrogens is 306 g/mol. The number of piperidine rings is 1. The van der Waals surface area contributed by atoms with E-state index < -0.39 is 11.2 Å². The Balaban J connectivity index is 1.64. The zero-order chi connectivity index (χ0) is 17.5. The van der Waals surface area contributed by atoms with E-state index >= 15 is 0 Å². The number of carbonyl (C=O) groups excluding carboxylic acids is 2. The summed E-state index contributed by atoms with van der Waals surface area (Å²) in [5.74, 6) is 0.472. The molecule has 0 aromatic carbocycles. The average molecular weight is 333 g/mol. The summed E-state index contributed by atoms with van der Waals surface area (Å²) in [5, 5.41) is 0. The Kier molecular flexibility index (Phi) is 4.32. The van der Waals surface area contributed by atoms with Crippen molar-refractivity contribution in [1.29, 1.82) is 0 Å². The molecule has 0 saturated carbocycles. The maximum Gasteiger partial charge on any atom is 0.410 e. The Morgan fingerprint density at radius 1 is 1.29 bits per heavy atom. The molecule has 2 saturated heterocycles. The lowest BCUT2D eigenvalue weighted by Gasteiger charge is -2.46. The monoisotopic (exact) mass is 333 g/mol. The topological polar surface area (TPSA) is 55.8 Å². The van der Waals surface area contributed by atoms with E-state index in [1.54, 1.807) is 4.90 Å². The summed E-state index contributed by atoms with van der Waals surface area (Å²) in [6.07, 6.45) is 7.33. The van der Waals surface area contributed by atoms with Gasteiger partial charge in [0.05, 0.1) is 5.60 Å². The summed E-state index contributed by atoms with van der Waals surface area (Å²) in [6, 6.07) is 0. The molecule has 2 unspecified atom stereocenters. The number of hydrogen-bond donors (Lipinski definition) is 0. The summed E-state index contributed by atoms with van der Waals surface area (Å²) in [7, 11) is 0. The lowest BCUT2D eigenvalue weighted by molar-refractivity contribution is -0.146. The molecule has 132 valence electrons. The Morgan fingerprint density at radius 2 is 1.96 bits per heavy atom. The highest BCUT2D eigenvalue weighted by molar-refractivity contribution is 5.98. The number of nitrogens with zero attached hydrogens (tertiary/aromatic N) is 1. The zero-order valence-electron chi connectivity index (χ0n) is 15.0. The smallest absolute Gasteiger partial charge is 0.410 e. The van der Waals surface area contributed by atoms with Gasteiger partial charge in [-0.1, -0.05) is 25.2 Å². The van der Waals surface area contributed by atoms with Crippen molar-refractivity contribution in [2.75, 3.05) is 13.1 Å². The second kappa shape index (κ2) is 6.03. The van der Waals surface area contributed by atoms with Gasteiger partial charge in [0.2, 0.25) is 0 Å². The largest absolute Gasteiger partial charge is 0.444 e. The number of hydrogen-bond acceptors (Lipinski definition) is 4. The van der Waals surface area contributed by atoms with Gasteiger partial charge in [-0.2, -0.15) is 0 Å². The lowest BCUT2D eigenvalue weighted by atomic mass is 9.79. The molecule has 0 aromatic rings. The highest BCUT2D eigenvalue weighted by atomic mass is 16.6. The van der Waals surface area contributed by atoms with E-state index in [0.29, 0.717) is 32.4 Å². The van der Waals surface area contributed by atoms with E-state index in [0.717, 1.165) is 5.57 Å². The normalized spacial score (nSPS) is 29.2. The number of rotatable bonds is 0. The maximum absolute atomic E-state index is 12.6. The van der Waals surface area contributed by atoms with Crippen LogP contribution in [0.15, 0.2) is 23.8 Å². The van der Waals surface area contributed by atoms with Crippen LogP contribution < -0.4 is 0 Å². The fourth-order valence-electron chi connectivity index (χ4n) is 3.59. The van der Waals surface area contributed by atoms with Crippen molar-refractivity contribution >= 4 is 11.9 Å². The van der Waals surface area contributed by atoms with Crippen molar-refractivity contribution in [3.05, 3.63) is 23.8 Å². The zero-order valence-corrected chi connectivity index (χ0v) is 15.0. The number of ether oxygens (including phenoxy) is 2. The first-order valence-corrected chi connectivity index (χ1v) is 8.76. The minimum Gasteiger partial charge on any atom is -0.444 e. The van der Waals surface area contributed by atoms with Crippen molar-refractivity contribution < 1.29 is 19.1 Å². The van der Waals surface area contributed by atoms with Gasteiger partial charge in [0.15, 0.2) is 5.78 Å².